The SMILES string of the molecule is OCCCC(O)C1CCCS1. The van der Waals surface area contributed by atoms with Gasteiger partial charge in [-0.05, 0) is 31.4 Å². The average molecular weight is 176 g/mol. The first kappa shape index (κ1) is 9.36. The average Bonchev–Trinajstić information content (AvgIpc) is 2.52. The van der Waals surface area contributed by atoms with E-state index < -0.39 is 0 Å². The van der Waals surface area contributed by atoms with Gasteiger partial charge in [0.15, 0.2) is 0 Å². The van der Waals surface area contributed by atoms with Crippen molar-refractivity contribution in [3.8, 4) is 0 Å². The zero-order chi connectivity index (χ0) is 8.10. The molecule has 0 aromatic heterocycles. The lowest BCUT2D eigenvalue weighted by molar-refractivity contribution is 0.146. The summed E-state index contributed by atoms with van der Waals surface area (Å²) in [6.45, 7) is 0.203. The minimum Gasteiger partial charge on any atom is -0.396 e. The van der Waals surface area contributed by atoms with E-state index in [0.29, 0.717) is 5.25 Å². The smallest absolute Gasteiger partial charge is 0.0659 e. The summed E-state index contributed by atoms with van der Waals surface area (Å²) < 4.78 is 0. The second kappa shape index (κ2) is 5.01. The molecular formula is C8H16O2S. The molecule has 3 heteroatoms. The Bertz CT molecular complexity index is 102. The molecule has 0 aromatic rings. The van der Waals surface area contributed by atoms with E-state index in [-0.39, 0.29) is 12.7 Å². The Hall–Kier alpha value is 0.270. The fourth-order valence-electron chi connectivity index (χ4n) is 1.39. The van der Waals surface area contributed by atoms with Crippen LogP contribution in [-0.2, 0) is 0 Å². The normalized spacial score (nSPS) is 27.3. The predicted molar refractivity (Wildman–Crippen MR) is 47.8 cm³/mol. The van der Waals surface area contributed by atoms with Gasteiger partial charge in [-0.15, -0.1) is 0 Å². The van der Waals surface area contributed by atoms with E-state index in [1.54, 1.807) is 0 Å². The third kappa shape index (κ3) is 3.01. The highest BCUT2D eigenvalue weighted by Gasteiger charge is 2.22. The summed E-state index contributed by atoms with van der Waals surface area (Å²) in [5.41, 5.74) is 0. The predicted octanol–water partition coefficient (Wildman–Crippen LogP) is 1.02. The number of hydrogen-bond donors (Lipinski definition) is 2. The van der Waals surface area contributed by atoms with Crippen molar-refractivity contribution in [3.05, 3.63) is 0 Å². The molecule has 2 nitrogen and oxygen atoms in total. The molecule has 0 amide bonds. The first-order valence-electron chi connectivity index (χ1n) is 4.25. The zero-order valence-electron chi connectivity index (χ0n) is 6.70. The van der Waals surface area contributed by atoms with Crippen LogP contribution >= 0.6 is 11.8 Å². The molecule has 2 unspecified atom stereocenters. The highest BCUT2D eigenvalue weighted by Crippen LogP contribution is 2.30. The molecule has 1 saturated heterocycles. The standard InChI is InChI=1S/C8H16O2S/c9-5-1-3-7(10)8-4-2-6-11-8/h7-10H,1-6H2. The minimum atomic E-state index is -0.186. The highest BCUT2D eigenvalue weighted by atomic mass is 32.2. The van der Waals surface area contributed by atoms with Crippen LogP contribution in [0.15, 0.2) is 0 Å². The first-order chi connectivity index (χ1) is 5.34. The van der Waals surface area contributed by atoms with Crippen LogP contribution in [0.1, 0.15) is 25.7 Å². The Balaban J connectivity index is 2.12. The van der Waals surface area contributed by atoms with Crippen LogP contribution in [0.2, 0.25) is 0 Å². The summed E-state index contributed by atoms with van der Waals surface area (Å²) >= 11 is 1.87. The molecule has 11 heavy (non-hydrogen) atoms. The van der Waals surface area contributed by atoms with Gasteiger partial charge in [-0.1, -0.05) is 0 Å². The number of aliphatic hydroxyl groups excluding tert-OH is 2. The molecule has 1 fully saturated rings. The maximum absolute atomic E-state index is 9.55. The topological polar surface area (TPSA) is 40.5 Å². The Morgan fingerprint density at radius 2 is 2.36 bits per heavy atom. The molecule has 0 saturated carbocycles. The summed E-state index contributed by atoms with van der Waals surface area (Å²) in [6.07, 6.45) is 3.70. The summed E-state index contributed by atoms with van der Waals surface area (Å²) in [5, 5.41) is 18.5. The summed E-state index contributed by atoms with van der Waals surface area (Å²) in [6, 6.07) is 0. The van der Waals surface area contributed by atoms with Gasteiger partial charge in [0.05, 0.1) is 6.10 Å². The molecule has 0 spiro atoms. The quantitative estimate of drug-likeness (QED) is 0.672. The fourth-order valence-corrected chi connectivity index (χ4v) is 2.72. The molecule has 1 heterocycles. The van der Waals surface area contributed by atoms with Gasteiger partial charge in [0.25, 0.3) is 0 Å². The van der Waals surface area contributed by atoms with E-state index in [0.717, 1.165) is 19.3 Å². The molecule has 66 valence electrons. The summed E-state index contributed by atoms with van der Waals surface area (Å²) in [4.78, 5) is 0. The van der Waals surface area contributed by atoms with Crippen LogP contribution in [0.4, 0.5) is 0 Å². The highest BCUT2D eigenvalue weighted by molar-refractivity contribution is 8.00. The van der Waals surface area contributed by atoms with Gasteiger partial charge in [-0.2, -0.15) is 11.8 Å². The van der Waals surface area contributed by atoms with Crippen molar-refractivity contribution in [2.45, 2.75) is 37.0 Å². The van der Waals surface area contributed by atoms with Gasteiger partial charge in [0.1, 0.15) is 0 Å². The van der Waals surface area contributed by atoms with Crippen molar-refractivity contribution in [2.24, 2.45) is 0 Å². The maximum Gasteiger partial charge on any atom is 0.0659 e. The number of rotatable bonds is 4. The Labute approximate surface area is 72.0 Å². The molecular weight excluding hydrogens is 160 g/mol. The van der Waals surface area contributed by atoms with E-state index in [2.05, 4.69) is 0 Å². The maximum atomic E-state index is 9.55. The van der Waals surface area contributed by atoms with E-state index >= 15 is 0 Å². The second-order valence-corrected chi connectivity index (χ2v) is 4.33. The molecule has 1 aliphatic heterocycles. The first-order valence-corrected chi connectivity index (χ1v) is 5.30. The molecule has 2 N–H and O–H groups in total. The van der Waals surface area contributed by atoms with Gasteiger partial charge < -0.3 is 10.2 Å². The van der Waals surface area contributed by atoms with E-state index in [9.17, 15) is 5.11 Å². The van der Waals surface area contributed by atoms with Crippen molar-refractivity contribution >= 4 is 11.8 Å². The zero-order valence-corrected chi connectivity index (χ0v) is 7.52. The van der Waals surface area contributed by atoms with E-state index in [1.807, 2.05) is 11.8 Å². The van der Waals surface area contributed by atoms with Crippen LogP contribution in [0, 0.1) is 0 Å². The third-order valence-corrected chi connectivity index (χ3v) is 3.55. The second-order valence-electron chi connectivity index (χ2n) is 2.98. The molecule has 0 aromatic carbocycles. The van der Waals surface area contributed by atoms with Gasteiger partial charge in [-0.25, -0.2) is 0 Å². The van der Waals surface area contributed by atoms with Crippen LogP contribution in [0.25, 0.3) is 0 Å². The van der Waals surface area contributed by atoms with Crippen LogP contribution in [0.3, 0.4) is 0 Å². The Morgan fingerprint density at radius 3 is 2.91 bits per heavy atom. The van der Waals surface area contributed by atoms with Gasteiger partial charge >= 0.3 is 0 Å². The largest absolute Gasteiger partial charge is 0.396 e. The molecule has 0 aliphatic carbocycles. The number of aliphatic hydroxyl groups is 2. The van der Waals surface area contributed by atoms with Crippen molar-refractivity contribution in [1.29, 1.82) is 0 Å². The monoisotopic (exact) mass is 176 g/mol. The lowest BCUT2D eigenvalue weighted by Crippen LogP contribution is -2.20. The minimum absolute atomic E-state index is 0.186. The van der Waals surface area contributed by atoms with Crippen LogP contribution in [0.5, 0.6) is 0 Å². The van der Waals surface area contributed by atoms with Crippen molar-refractivity contribution < 1.29 is 10.2 Å². The third-order valence-electron chi connectivity index (χ3n) is 2.05. The molecule has 2 atom stereocenters. The number of thioether (sulfide) groups is 1. The van der Waals surface area contributed by atoms with E-state index in [4.69, 9.17) is 5.11 Å². The van der Waals surface area contributed by atoms with Gasteiger partial charge in [-0.3, -0.25) is 0 Å². The molecule has 0 radical (unpaired) electrons. The summed E-state index contributed by atoms with van der Waals surface area (Å²) in [7, 11) is 0. The molecule has 1 aliphatic rings. The van der Waals surface area contributed by atoms with Crippen molar-refractivity contribution in [3.63, 3.8) is 0 Å². The number of hydrogen-bond acceptors (Lipinski definition) is 3. The molecule has 0 bridgehead atoms. The lowest BCUT2D eigenvalue weighted by atomic mass is 10.1. The van der Waals surface area contributed by atoms with Gasteiger partial charge in [0, 0.05) is 11.9 Å². The van der Waals surface area contributed by atoms with E-state index in [1.165, 1.54) is 12.2 Å². The van der Waals surface area contributed by atoms with Crippen molar-refractivity contribution in [2.75, 3.05) is 12.4 Å². The summed E-state index contributed by atoms with van der Waals surface area (Å²) in [5.74, 6) is 1.20. The van der Waals surface area contributed by atoms with Crippen molar-refractivity contribution in [1.82, 2.24) is 0 Å². The molecule has 1 rings (SSSR count). The fraction of sp³-hybridized carbons (Fsp3) is 1.00. The van der Waals surface area contributed by atoms with Crippen LogP contribution < -0.4 is 0 Å². The van der Waals surface area contributed by atoms with Gasteiger partial charge in [0.2, 0.25) is 0 Å². The lowest BCUT2D eigenvalue weighted by Gasteiger charge is -2.15. The Morgan fingerprint density at radius 1 is 1.55 bits per heavy atom. The van der Waals surface area contributed by atoms with Crippen LogP contribution in [-0.4, -0.2) is 33.9 Å². The Kier molecular flexibility index (Phi) is 4.26.